The third-order valence-corrected chi connectivity index (χ3v) is 11.3. The lowest BCUT2D eigenvalue weighted by atomic mass is 9.95. The molecule has 8 aromatic carbocycles. The van der Waals surface area contributed by atoms with E-state index < -0.39 is 0 Å². The van der Waals surface area contributed by atoms with Gasteiger partial charge >= 0.3 is 0 Å². The standard InChI is InChI=1S/C56H32N8/c57-33-37-11-9-13-41(27-37)52-32-51(61-56(62-52)42-14-10-12-38(28-42)34-58)40-23-21-39(22-24-40)49-29-44(36-60)55(30-43(49)35-59)64-53-20-8-7-19-48(53)50-31-47(25-26-54(50)64)63(45-15-3-1-4-16-45)46-17-5-2-6-18-46/h1-32H. The second-order valence-electron chi connectivity index (χ2n) is 15.1. The van der Waals surface area contributed by atoms with Gasteiger partial charge in [0.05, 0.1) is 68.6 Å². The minimum Gasteiger partial charge on any atom is -0.310 e. The number of para-hydroxylation sites is 3. The molecule has 0 saturated heterocycles. The molecule has 64 heavy (non-hydrogen) atoms. The van der Waals surface area contributed by atoms with Crippen molar-refractivity contribution in [1.29, 1.82) is 21.0 Å². The first-order valence-corrected chi connectivity index (χ1v) is 20.5. The first-order chi connectivity index (χ1) is 31.5. The molecule has 2 aromatic heterocycles. The first-order valence-electron chi connectivity index (χ1n) is 20.5. The minimum absolute atomic E-state index is 0.421. The molecule has 0 unspecified atom stereocenters. The maximum atomic E-state index is 10.8. The van der Waals surface area contributed by atoms with Crippen LogP contribution in [-0.2, 0) is 0 Å². The molecule has 0 saturated carbocycles. The number of anilines is 3. The van der Waals surface area contributed by atoms with Crippen LogP contribution in [0.25, 0.3) is 72.5 Å². The van der Waals surface area contributed by atoms with Crippen LogP contribution >= 0.6 is 0 Å². The molecular formula is C56H32N8. The van der Waals surface area contributed by atoms with Crippen molar-refractivity contribution in [2.75, 3.05) is 4.90 Å². The summed E-state index contributed by atoms with van der Waals surface area (Å²) in [7, 11) is 0. The second-order valence-corrected chi connectivity index (χ2v) is 15.1. The fourth-order valence-electron chi connectivity index (χ4n) is 8.32. The molecule has 0 aliphatic heterocycles. The van der Waals surface area contributed by atoms with Gasteiger partial charge in [-0.2, -0.15) is 21.0 Å². The molecule has 0 spiro atoms. The highest BCUT2D eigenvalue weighted by atomic mass is 15.1. The molecule has 0 N–H and O–H groups in total. The smallest absolute Gasteiger partial charge is 0.160 e. The summed E-state index contributed by atoms with van der Waals surface area (Å²) in [6.07, 6.45) is 0. The Morgan fingerprint density at radius 2 is 0.969 bits per heavy atom. The Balaban J connectivity index is 1.06. The summed E-state index contributed by atoms with van der Waals surface area (Å²) in [6, 6.07) is 71.9. The number of aromatic nitrogens is 3. The Hall–Kier alpha value is -9.60. The van der Waals surface area contributed by atoms with E-state index in [1.54, 1.807) is 36.4 Å². The molecule has 8 nitrogen and oxygen atoms in total. The minimum atomic E-state index is 0.421. The fraction of sp³-hybridized carbons (Fsp3) is 0. The molecule has 0 bridgehead atoms. The Bertz CT molecular complexity index is 3490. The van der Waals surface area contributed by atoms with Crippen LogP contribution in [0.5, 0.6) is 0 Å². The first kappa shape index (κ1) is 38.6. The fourth-order valence-corrected chi connectivity index (χ4v) is 8.32. The average Bonchev–Trinajstić information content (AvgIpc) is 3.70. The number of hydrogen-bond acceptors (Lipinski definition) is 7. The van der Waals surface area contributed by atoms with Crippen LogP contribution in [-0.4, -0.2) is 14.5 Å². The van der Waals surface area contributed by atoms with Crippen LogP contribution in [0.3, 0.4) is 0 Å². The van der Waals surface area contributed by atoms with Crippen molar-refractivity contribution < 1.29 is 0 Å². The molecule has 0 aliphatic rings. The van der Waals surface area contributed by atoms with Crippen molar-refractivity contribution in [3.63, 3.8) is 0 Å². The van der Waals surface area contributed by atoms with E-state index in [0.717, 1.165) is 55.6 Å². The Kier molecular flexibility index (Phi) is 9.92. The van der Waals surface area contributed by atoms with E-state index in [9.17, 15) is 21.0 Å². The number of nitriles is 4. The molecule has 0 fully saturated rings. The van der Waals surface area contributed by atoms with Crippen LogP contribution in [0.4, 0.5) is 17.1 Å². The molecular weight excluding hydrogens is 785 g/mol. The lowest BCUT2D eigenvalue weighted by molar-refractivity contribution is 1.16. The van der Waals surface area contributed by atoms with Crippen molar-refractivity contribution in [3.8, 4) is 75.0 Å². The van der Waals surface area contributed by atoms with Gasteiger partial charge in [0.15, 0.2) is 5.82 Å². The number of rotatable bonds is 8. The van der Waals surface area contributed by atoms with Gasteiger partial charge in [-0.25, -0.2) is 9.97 Å². The highest BCUT2D eigenvalue weighted by Gasteiger charge is 2.21. The van der Waals surface area contributed by atoms with Crippen LogP contribution in [0.15, 0.2) is 194 Å². The maximum absolute atomic E-state index is 10.8. The normalized spacial score (nSPS) is 10.8. The third kappa shape index (κ3) is 7.02. The highest BCUT2D eigenvalue weighted by molar-refractivity contribution is 6.11. The van der Waals surface area contributed by atoms with Gasteiger partial charge in [-0.3, -0.25) is 0 Å². The molecule has 0 radical (unpaired) electrons. The molecule has 0 atom stereocenters. The summed E-state index contributed by atoms with van der Waals surface area (Å²) in [5, 5.41) is 42.7. The maximum Gasteiger partial charge on any atom is 0.160 e. The van der Waals surface area contributed by atoms with Crippen molar-refractivity contribution >= 4 is 38.9 Å². The molecule has 8 heteroatoms. The third-order valence-electron chi connectivity index (χ3n) is 11.3. The Morgan fingerprint density at radius 3 is 1.62 bits per heavy atom. The van der Waals surface area contributed by atoms with Crippen molar-refractivity contribution in [1.82, 2.24) is 14.5 Å². The van der Waals surface area contributed by atoms with Crippen LogP contribution in [0.1, 0.15) is 22.3 Å². The number of fused-ring (bicyclic) bond motifs is 3. The van der Waals surface area contributed by atoms with E-state index >= 15 is 0 Å². The monoisotopic (exact) mass is 816 g/mol. The van der Waals surface area contributed by atoms with E-state index in [1.807, 2.05) is 109 Å². The summed E-state index contributed by atoms with van der Waals surface area (Å²) in [4.78, 5) is 12.0. The van der Waals surface area contributed by atoms with Crippen LogP contribution in [0, 0.1) is 45.3 Å². The molecule has 10 rings (SSSR count). The quantitative estimate of drug-likeness (QED) is 0.149. The van der Waals surface area contributed by atoms with Crippen molar-refractivity contribution in [2.24, 2.45) is 0 Å². The van der Waals surface area contributed by atoms with Gasteiger partial charge in [-0.1, -0.05) is 103 Å². The zero-order valence-corrected chi connectivity index (χ0v) is 34.1. The van der Waals surface area contributed by atoms with Gasteiger partial charge in [0.2, 0.25) is 0 Å². The summed E-state index contributed by atoms with van der Waals surface area (Å²) < 4.78 is 2.08. The summed E-state index contributed by atoms with van der Waals surface area (Å²) in [6.45, 7) is 0. The lowest BCUT2D eigenvalue weighted by Gasteiger charge is -2.25. The lowest BCUT2D eigenvalue weighted by Crippen LogP contribution is -2.09. The molecule has 0 amide bonds. The average molecular weight is 817 g/mol. The van der Waals surface area contributed by atoms with Gasteiger partial charge in [0.25, 0.3) is 0 Å². The topological polar surface area (TPSA) is 129 Å². The van der Waals surface area contributed by atoms with E-state index in [1.165, 1.54) is 0 Å². The number of nitrogens with zero attached hydrogens (tertiary/aromatic N) is 8. The van der Waals surface area contributed by atoms with Gasteiger partial charge < -0.3 is 9.47 Å². The SMILES string of the molecule is N#Cc1cccc(-c2cc(-c3ccc(-c4cc(C#N)c(-n5c6ccccc6c6cc(N(c7ccccc7)c7ccccc7)ccc65)cc4C#N)cc3)nc(-c3cccc(C#N)c3)n2)c1. The van der Waals surface area contributed by atoms with E-state index in [2.05, 4.69) is 82.3 Å². The zero-order chi connectivity index (χ0) is 43.6. The Labute approximate surface area is 369 Å². The van der Waals surface area contributed by atoms with E-state index in [4.69, 9.17) is 9.97 Å². The second kappa shape index (κ2) is 16.5. The predicted molar refractivity (Wildman–Crippen MR) is 252 cm³/mol. The predicted octanol–water partition coefficient (Wildman–Crippen LogP) is 13.2. The molecule has 10 aromatic rings. The molecule has 0 aliphatic carbocycles. The van der Waals surface area contributed by atoms with Gasteiger partial charge in [0, 0.05) is 50.1 Å². The number of hydrogen-bond donors (Lipinski definition) is 0. The summed E-state index contributed by atoms with van der Waals surface area (Å²) in [5.74, 6) is 0.433. The van der Waals surface area contributed by atoms with E-state index in [-0.39, 0.29) is 0 Å². The van der Waals surface area contributed by atoms with Gasteiger partial charge in [-0.15, -0.1) is 0 Å². The number of benzene rings is 8. The largest absolute Gasteiger partial charge is 0.310 e. The summed E-state index contributed by atoms with van der Waals surface area (Å²) in [5.41, 5.74) is 12.2. The molecule has 296 valence electrons. The van der Waals surface area contributed by atoms with Gasteiger partial charge in [0.1, 0.15) is 6.07 Å². The summed E-state index contributed by atoms with van der Waals surface area (Å²) >= 11 is 0. The van der Waals surface area contributed by atoms with Crippen LogP contribution < -0.4 is 4.90 Å². The zero-order valence-electron chi connectivity index (χ0n) is 34.1. The highest BCUT2D eigenvalue weighted by Crippen LogP contribution is 2.41. The molecule has 2 heterocycles. The van der Waals surface area contributed by atoms with Crippen molar-refractivity contribution in [2.45, 2.75) is 0 Å². The van der Waals surface area contributed by atoms with Crippen LogP contribution in [0.2, 0.25) is 0 Å². The van der Waals surface area contributed by atoms with Gasteiger partial charge in [-0.05, 0) is 96.6 Å². The van der Waals surface area contributed by atoms with E-state index in [0.29, 0.717) is 56.3 Å². The Morgan fingerprint density at radius 1 is 0.391 bits per heavy atom. The van der Waals surface area contributed by atoms with Crippen molar-refractivity contribution in [3.05, 3.63) is 216 Å².